The maximum Gasteiger partial charge on any atom is 0.246 e. The molecule has 0 saturated carbocycles. The molecule has 2 atom stereocenters. The summed E-state index contributed by atoms with van der Waals surface area (Å²) in [7, 11) is 0. The van der Waals surface area contributed by atoms with E-state index in [0.29, 0.717) is 26.4 Å². The summed E-state index contributed by atoms with van der Waals surface area (Å²) in [5.74, 6) is 0.0142. The molecule has 1 aliphatic heterocycles. The molecule has 136 valence electrons. The minimum atomic E-state index is -0.177. The Balaban J connectivity index is 1.62. The lowest BCUT2D eigenvalue weighted by Gasteiger charge is -2.37. The number of likely N-dealkylation sites (N-methyl/N-ethyl adjacent to an activating group) is 1. The molecule has 0 spiro atoms. The highest BCUT2D eigenvalue weighted by Crippen LogP contribution is 2.19. The Hall–Kier alpha value is -2.43. The largest absolute Gasteiger partial charge is 0.375 e. The van der Waals surface area contributed by atoms with Crippen LogP contribution in [0, 0.1) is 0 Å². The van der Waals surface area contributed by atoms with Crippen molar-refractivity contribution in [3.8, 4) is 0 Å². The summed E-state index contributed by atoms with van der Waals surface area (Å²) in [6.07, 6.45) is 3.28. The topological polar surface area (TPSA) is 38.8 Å². The fraction of sp³-hybridized carbons (Fsp3) is 0.318. The number of benzene rings is 2. The second-order valence-corrected chi connectivity index (χ2v) is 6.31. The third kappa shape index (κ3) is 4.81. The second-order valence-electron chi connectivity index (χ2n) is 6.31. The van der Waals surface area contributed by atoms with Crippen molar-refractivity contribution in [3.05, 3.63) is 83.9 Å². The maximum absolute atomic E-state index is 12.2. The molecule has 0 bridgehead atoms. The normalized spacial score (nSPS) is 19.7. The molecule has 2 aromatic rings. The predicted octanol–water partition coefficient (Wildman–Crippen LogP) is 3.58. The van der Waals surface area contributed by atoms with Gasteiger partial charge >= 0.3 is 0 Å². The van der Waals surface area contributed by atoms with Crippen LogP contribution in [0.25, 0.3) is 0 Å². The summed E-state index contributed by atoms with van der Waals surface area (Å²) >= 11 is 0. The molecule has 4 nitrogen and oxygen atoms in total. The van der Waals surface area contributed by atoms with Gasteiger partial charge in [-0.3, -0.25) is 4.79 Å². The average Bonchev–Trinajstić information content (AvgIpc) is 2.69. The van der Waals surface area contributed by atoms with Crippen molar-refractivity contribution in [2.24, 2.45) is 0 Å². The van der Waals surface area contributed by atoms with Gasteiger partial charge in [0, 0.05) is 12.6 Å². The van der Waals surface area contributed by atoms with Crippen LogP contribution in [0.5, 0.6) is 0 Å². The number of ether oxygens (including phenoxy) is 2. The van der Waals surface area contributed by atoms with Gasteiger partial charge in [-0.05, 0) is 24.1 Å². The third-order valence-electron chi connectivity index (χ3n) is 4.52. The third-order valence-corrected chi connectivity index (χ3v) is 4.52. The van der Waals surface area contributed by atoms with E-state index in [2.05, 4.69) is 0 Å². The second kappa shape index (κ2) is 9.32. The zero-order valence-corrected chi connectivity index (χ0v) is 15.1. The highest BCUT2D eigenvalue weighted by Gasteiger charge is 2.32. The smallest absolute Gasteiger partial charge is 0.246 e. The van der Waals surface area contributed by atoms with Gasteiger partial charge in [0.25, 0.3) is 0 Å². The molecule has 0 saturated heterocycles. The first kappa shape index (κ1) is 18.4. The van der Waals surface area contributed by atoms with Gasteiger partial charge in [0.2, 0.25) is 5.91 Å². The lowest BCUT2D eigenvalue weighted by molar-refractivity contribution is -0.135. The molecule has 1 heterocycles. The summed E-state index contributed by atoms with van der Waals surface area (Å²) in [6, 6.07) is 20.0. The Kier molecular flexibility index (Phi) is 6.58. The van der Waals surface area contributed by atoms with Crippen molar-refractivity contribution in [1.82, 2.24) is 4.90 Å². The Morgan fingerprint density at radius 2 is 1.54 bits per heavy atom. The van der Waals surface area contributed by atoms with E-state index >= 15 is 0 Å². The van der Waals surface area contributed by atoms with Gasteiger partial charge < -0.3 is 14.4 Å². The minimum Gasteiger partial charge on any atom is -0.375 e. The van der Waals surface area contributed by atoms with Gasteiger partial charge in [-0.1, -0.05) is 60.7 Å². The number of nitrogens with zero attached hydrogens (tertiary/aromatic N) is 1. The van der Waals surface area contributed by atoms with Crippen LogP contribution < -0.4 is 0 Å². The monoisotopic (exact) mass is 351 g/mol. The van der Waals surface area contributed by atoms with Crippen LogP contribution in [0.4, 0.5) is 0 Å². The van der Waals surface area contributed by atoms with Gasteiger partial charge in [-0.25, -0.2) is 0 Å². The van der Waals surface area contributed by atoms with Gasteiger partial charge in [0.15, 0.2) is 0 Å². The van der Waals surface area contributed by atoms with E-state index in [1.54, 1.807) is 6.08 Å². The molecule has 2 aromatic carbocycles. The number of rotatable bonds is 8. The summed E-state index contributed by atoms with van der Waals surface area (Å²) in [6.45, 7) is 4.09. The van der Waals surface area contributed by atoms with Gasteiger partial charge in [0.05, 0.1) is 32.0 Å². The van der Waals surface area contributed by atoms with E-state index in [1.807, 2.05) is 78.6 Å². The Labute approximate surface area is 155 Å². The van der Waals surface area contributed by atoms with Crippen LogP contribution in [0.1, 0.15) is 18.1 Å². The predicted molar refractivity (Wildman–Crippen MR) is 101 cm³/mol. The lowest BCUT2D eigenvalue weighted by atomic mass is 10.0. The van der Waals surface area contributed by atoms with Crippen molar-refractivity contribution in [2.75, 3.05) is 13.2 Å². The summed E-state index contributed by atoms with van der Waals surface area (Å²) < 4.78 is 12.0. The molecule has 0 aliphatic carbocycles. The van der Waals surface area contributed by atoms with Crippen LogP contribution in [0.15, 0.2) is 72.8 Å². The zero-order chi connectivity index (χ0) is 18.2. The zero-order valence-electron chi connectivity index (χ0n) is 15.1. The molecule has 0 radical (unpaired) electrons. The fourth-order valence-corrected chi connectivity index (χ4v) is 3.12. The van der Waals surface area contributed by atoms with Crippen molar-refractivity contribution in [3.63, 3.8) is 0 Å². The molecule has 1 amide bonds. The quantitative estimate of drug-likeness (QED) is 0.730. The number of amides is 1. The van der Waals surface area contributed by atoms with E-state index < -0.39 is 0 Å². The molecular formula is C22H25NO3. The molecular weight excluding hydrogens is 326 g/mol. The van der Waals surface area contributed by atoms with Crippen LogP contribution in [0.3, 0.4) is 0 Å². The summed E-state index contributed by atoms with van der Waals surface area (Å²) in [4.78, 5) is 14.0. The van der Waals surface area contributed by atoms with Crippen LogP contribution in [-0.4, -0.2) is 36.1 Å². The first-order valence-electron chi connectivity index (χ1n) is 9.04. The van der Waals surface area contributed by atoms with Crippen molar-refractivity contribution in [1.29, 1.82) is 0 Å². The van der Waals surface area contributed by atoms with Crippen LogP contribution >= 0.6 is 0 Å². The Morgan fingerprint density at radius 3 is 2.15 bits per heavy atom. The molecule has 0 fully saturated rings. The number of hydrogen-bond donors (Lipinski definition) is 0. The van der Waals surface area contributed by atoms with E-state index in [-0.39, 0.29) is 18.1 Å². The summed E-state index contributed by atoms with van der Waals surface area (Å²) in [5.41, 5.74) is 2.24. The number of carbonyl (C=O) groups excluding carboxylic acids is 1. The van der Waals surface area contributed by atoms with Crippen LogP contribution in [-0.2, 0) is 27.5 Å². The molecule has 0 aromatic heterocycles. The number of carbonyl (C=O) groups is 1. The maximum atomic E-state index is 12.2. The molecule has 1 aliphatic rings. The van der Waals surface area contributed by atoms with Gasteiger partial charge in [0.1, 0.15) is 0 Å². The molecule has 3 rings (SSSR count). The van der Waals surface area contributed by atoms with E-state index in [9.17, 15) is 4.79 Å². The molecule has 26 heavy (non-hydrogen) atoms. The van der Waals surface area contributed by atoms with E-state index in [4.69, 9.17) is 9.47 Å². The first-order valence-corrected chi connectivity index (χ1v) is 9.04. The highest BCUT2D eigenvalue weighted by molar-refractivity contribution is 5.89. The molecule has 4 heteroatoms. The molecule has 0 unspecified atom stereocenters. The highest BCUT2D eigenvalue weighted by atomic mass is 16.5. The van der Waals surface area contributed by atoms with Crippen LogP contribution in [0.2, 0.25) is 0 Å². The average molecular weight is 351 g/mol. The standard InChI is InChI=1S/C22H25NO3/c1-2-23-20(17-25-15-18-9-5-3-6-10-18)21(13-14-22(23)24)26-16-19-11-7-4-8-12-19/h3-14,20-21H,2,15-17H2,1H3/t20-,21-/m1/s1. The fourth-order valence-electron chi connectivity index (χ4n) is 3.12. The first-order chi connectivity index (χ1) is 12.8. The van der Waals surface area contributed by atoms with Crippen molar-refractivity contribution < 1.29 is 14.3 Å². The molecule has 0 N–H and O–H groups in total. The van der Waals surface area contributed by atoms with Gasteiger partial charge in [-0.2, -0.15) is 0 Å². The van der Waals surface area contributed by atoms with Crippen molar-refractivity contribution >= 4 is 5.91 Å². The van der Waals surface area contributed by atoms with E-state index in [1.165, 1.54) is 0 Å². The summed E-state index contributed by atoms with van der Waals surface area (Å²) in [5, 5.41) is 0. The minimum absolute atomic E-state index is 0.0142. The number of hydrogen-bond acceptors (Lipinski definition) is 3. The van der Waals surface area contributed by atoms with E-state index in [0.717, 1.165) is 11.1 Å². The van der Waals surface area contributed by atoms with Gasteiger partial charge in [-0.15, -0.1) is 0 Å². The lowest BCUT2D eigenvalue weighted by Crippen LogP contribution is -2.51. The SMILES string of the molecule is CCN1C(=O)C=C[C@@H](OCc2ccccc2)[C@H]1COCc1ccccc1. The Bertz CT molecular complexity index is 715. The van der Waals surface area contributed by atoms with Crippen molar-refractivity contribution in [2.45, 2.75) is 32.3 Å². The Morgan fingerprint density at radius 1 is 0.923 bits per heavy atom.